The molecule has 2 atom stereocenters. The molecule has 0 bridgehead atoms. The number of hydrogen-bond acceptors (Lipinski definition) is 4. The Labute approximate surface area is 101 Å². The summed E-state index contributed by atoms with van der Waals surface area (Å²) < 4.78 is 5.56. The van der Waals surface area contributed by atoms with Crippen molar-refractivity contribution < 1.29 is 20.1 Å². The smallest absolute Gasteiger partial charge is 0.125 e. The molecule has 0 aliphatic heterocycles. The zero-order valence-corrected chi connectivity index (χ0v) is 10.2. The van der Waals surface area contributed by atoms with Crippen LogP contribution in [0.1, 0.15) is 31.9 Å². The molecule has 0 aromatic heterocycles. The first-order valence-corrected chi connectivity index (χ1v) is 5.78. The lowest BCUT2D eigenvalue weighted by Gasteiger charge is -2.21. The Hall–Kier alpha value is -1.10. The van der Waals surface area contributed by atoms with Crippen LogP contribution in [0.4, 0.5) is 0 Å². The van der Waals surface area contributed by atoms with E-state index in [9.17, 15) is 10.2 Å². The van der Waals surface area contributed by atoms with Crippen molar-refractivity contribution in [2.45, 2.75) is 38.6 Å². The fourth-order valence-corrected chi connectivity index (χ4v) is 1.58. The largest absolute Gasteiger partial charge is 0.491 e. The van der Waals surface area contributed by atoms with Crippen LogP contribution in [0.3, 0.4) is 0 Å². The summed E-state index contributed by atoms with van der Waals surface area (Å²) in [5.41, 5.74) is 0.544. The van der Waals surface area contributed by atoms with Gasteiger partial charge in [-0.05, 0) is 26.3 Å². The van der Waals surface area contributed by atoms with Crippen LogP contribution in [-0.2, 0) is 0 Å². The molecule has 1 aromatic rings. The Balaban J connectivity index is 2.88. The van der Waals surface area contributed by atoms with Crippen molar-refractivity contribution >= 4 is 0 Å². The summed E-state index contributed by atoms with van der Waals surface area (Å²) >= 11 is 0. The summed E-state index contributed by atoms with van der Waals surface area (Å²) in [5, 5.41) is 28.4. The molecule has 0 heterocycles. The van der Waals surface area contributed by atoms with Crippen LogP contribution in [0.15, 0.2) is 24.3 Å². The normalized spacial score (nSPS) is 14.7. The molecule has 0 amide bonds. The molecule has 1 rings (SSSR count). The van der Waals surface area contributed by atoms with Gasteiger partial charge in [-0.2, -0.15) is 0 Å². The van der Waals surface area contributed by atoms with Gasteiger partial charge >= 0.3 is 0 Å². The minimum atomic E-state index is -1.04. The molecule has 1 aromatic carbocycles. The first-order chi connectivity index (χ1) is 8.06. The Morgan fingerprint density at radius 3 is 2.41 bits per heavy atom. The molecule has 4 heteroatoms. The van der Waals surface area contributed by atoms with Crippen molar-refractivity contribution in [3.63, 3.8) is 0 Å². The van der Waals surface area contributed by atoms with Crippen molar-refractivity contribution in [3.8, 4) is 5.75 Å². The second-order valence-corrected chi connectivity index (χ2v) is 4.23. The molecule has 0 saturated heterocycles. The van der Waals surface area contributed by atoms with Crippen molar-refractivity contribution in [2.75, 3.05) is 6.61 Å². The SMILES string of the molecule is CC(C)Oc1ccccc1C(O)C(O)CCO. The molecule has 3 N–H and O–H groups in total. The van der Waals surface area contributed by atoms with Crippen molar-refractivity contribution in [2.24, 2.45) is 0 Å². The van der Waals surface area contributed by atoms with Gasteiger partial charge in [-0.15, -0.1) is 0 Å². The Bertz CT molecular complexity index is 338. The van der Waals surface area contributed by atoms with Crippen LogP contribution in [0.25, 0.3) is 0 Å². The van der Waals surface area contributed by atoms with Gasteiger partial charge in [0.15, 0.2) is 0 Å². The molecular formula is C13H20O4. The van der Waals surface area contributed by atoms with Crippen LogP contribution in [0.2, 0.25) is 0 Å². The van der Waals surface area contributed by atoms with E-state index in [1.165, 1.54) is 0 Å². The second kappa shape index (κ2) is 6.59. The minimum Gasteiger partial charge on any atom is -0.491 e. The number of aliphatic hydroxyl groups is 3. The van der Waals surface area contributed by atoms with Gasteiger partial charge in [0, 0.05) is 12.2 Å². The van der Waals surface area contributed by atoms with Gasteiger partial charge in [-0.3, -0.25) is 0 Å². The summed E-state index contributed by atoms with van der Waals surface area (Å²) in [7, 11) is 0. The van der Waals surface area contributed by atoms with Gasteiger partial charge in [-0.1, -0.05) is 18.2 Å². The van der Waals surface area contributed by atoms with E-state index in [0.717, 1.165) is 0 Å². The van der Waals surface area contributed by atoms with Gasteiger partial charge in [-0.25, -0.2) is 0 Å². The highest BCUT2D eigenvalue weighted by Crippen LogP contribution is 2.28. The standard InChI is InChI=1S/C13H20O4/c1-9(2)17-12-6-4-3-5-10(12)13(16)11(15)7-8-14/h3-6,9,11,13-16H,7-8H2,1-2H3. The highest BCUT2D eigenvalue weighted by molar-refractivity contribution is 5.35. The number of rotatable bonds is 6. The minimum absolute atomic E-state index is 0.00154. The molecule has 0 radical (unpaired) electrons. The van der Waals surface area contributed by atoms with E-state index in [1.54, 1.807) is 18.2 Å². The first kappa shape index (κ1) is 14.0. The topological polar surface area (TPSA) is 69.9 Å². The Kier molecular flexibility index (Phi) is 5.41. The molecule has 0 saturated carbocycles. The van der Waals surface area contributed by atoms with Crippen molar-refractivity contribution in [1.82, 2.24) is 0 Å². The highest BCUT2D eigenvalue weighted by Gasteiger charge is 2.21. The lowest BCUT2D eigenvalue weighted by atomic mass is 10.0. The summed E-state index contributed by atoms with van der Waals surface area (Å²) in [6, 6.07) is 7.05. The molecule has 0 fully saturated rings. The van der Waals surface area contributed by atoms with E-state index in [4.69, 9.17) is 9.84 Å². The molecule has 0 spiro atoms. The van der Waals surface area contributed by atoms with Crippen LogP contribution < -0.4 is 4.74 Å². The van der Waals surface area contributed by atoms with Crippen LogP contribution in [-0.4, -0.2) is 34.1 Å². The maximum absolute atomic E-state index is 9.97. The number of benzene rings is 1. The van der Waals surface area contributed by atoms with E-state index in [2.05, 4.69) is 0 Å². The van der Waals surface area contributed by atoms with Crippen molar-refractivity contribution in [1.29, 1.82) is 0 Å². The van der Waals surface area contributed by atoms with E-state index < -0.39 is 12.2 Å². The van der Waals surface area contributed by atoms with Crippen LogP contribution in [0, 0.1) is 0 Å². The fourth-order valence-electron chi connectivity index (χ4n) is 1.58. The average molecular weight is 240 g/mol. The maximum atomic E-state index is 9.97. The molecule has 0 aliphatic carbocycles. The van der Waals surface area contributed by atoms with Gasteiger partial charge in [0.05, 0.1) is 12.2 Å². The third-order valence-electron chi connectivity index (χ3n) is 2.39. The van der Waals surface area contributed by atoms with Gasteiger partial charge in [0.1, 0.15) is 11.9 Å². The highest BCUT2D eigenvalue weighted by atomic mass is 16.5. The van der Waals surface area contributed by atoms with E-state index >= 15 is 0 Å². The molecule has 96 valence electrons. The number of hydrogen-bond donors (Lipinski definition) is 3. The summed E-state index contributed by atoms with van der Waals surface area (Å²) in [5.74, 6) is 0.562. The molecule has 4 nitrogen and oxygen atoms in total. The average Bonchev–Trinajstić information content (AvgIpc) is 2.28. The van der Waals surface area contributed by atoms with E-state index in [1.807, 2.05) is 19.9 Å². The monoisotopic (exact) mass is 240 g/mol. The van der Waals surface area contributed by atoms with Gasteiger partial charge in [0.25, 0.3) is 0 Å². The molecule has 17 heavy (non-hydrogen) atoms. The quantitative estimate of drug-likeness (QED) is 0.700. The van der Waals surface area contributed by atoms with Gasteiger partial charge in [0.2, 0.25) is 0 Å². The summed E-state index contributed by atoms with van der Waals surface area (Å²) in [6.07, 6.45) is -1.90. The van der Waals surface area contributed by atoms with Crippen LogP contribution >= 0.6 is 0 Å². The summed E-state index contributed by atoms with van der Waals surface area (Å²) in [6.45, 7) is 3.63. The van der Waals surface area contributed by atoms with Crippen LogP contribution in [0.5, 0.6) is 5.75 Å². The lowest BCUT2D eigenvalue weighted by Crippen LogP contribution is -2.20. The van der Waals surface area contributed by atoms with E-state index in [-0.39, 0.29) is 19.1 Å². The zero-order valence-electron chi connectivity index (χ0n) is 10.2. The summed E-state index contributed by atoms with van der Waals surface area (Å²) in [4.78, 5) is 0. The lowest BCUT2D eigenvalue weighted by molar-refractivity contribution is 0.00233. The number of aliphatic hydroxyl groups excluding tert-OH is 3. The Morgan fingerprint density at radius 2 is 1.82 bits per heavy atom. The third kappa shape index (κ3) is 4.00. The maximum Gasteiger partial charge on any atom is 0.125 e. The van der Waals surface area contributed by atoms with Gasteiger partial charge < -0.3 is 20.1 Å². The number of para-hydroxylation sites is 1. The zero-order chi connectivity index (χ0) is 12.8. The first-order valence-electron chi connectivity index (χ1n) is 5.78. The predicted molar refractivity (Wildman–Crippen MR) is 64.9 cm³/mol. The molecular weight excluding hydrogens is 220 g/mol. The third-order valence-corrected chi connectivity index (χ3v) is 2.39. The second-order valence-electron chi connectivity index (χ2n) is 4.23. The molecule has 2 unspecified atom stereocenters. The molecule has 0 aliphatic rings. The van der Waals surface area contributed by atoms with E-state index in [0.29, 0.717) is 11.3 Å². The fraction of sp³-hybridized carbons (Fsp3) is 0.538. The Morgan fingerprint density at radius 1 is 1.18 bits per heavy atom. The predicted octanol–water partition coefficient (Wildman–Crippen LogP) is 1.25. The number of ether oxygens (including phenoxy) is 1. The van der Waals surface area contributed by atoms with Crippen molar-refractivity contribution in [3.05, 3.63) is 29.8 Å².